The number of nitrogens with zero attached hydrogens (tertiary/aromatic N) is 1. The Labute approximate surface area is 101 Å². The van der Waals surface area contributed by atoms with Gasteiger partial charge in [-0.05, 0) is 43.5 Å². The number of carboxylic acids is 1. The van der Waals surface area contributed by atoms with Crippen molar-refractivity contribution < 1.29 is 9.90 Å². The Hall–Kier alpha value is -1.35. The van der Waals surface area contributed by atoms with Crippen molar-refractivity contribution in [2.24, 2.45) is 5.92 Å². The molecule has 1 atom stereocenters. The van der Waals surface area contributed by atoms with Crippen molar-refractivity contribution in [3.8, 4) is 0 Å². The number of fused-ring (bicyclic) bond motifs is 3. The van der Waals surface area contributed by atoms with Crippen molar-refractivity contribution >= 4 is 5.97 Å². The number of benzene rings is 1. The van der Waals surface area contributed by atoms with Crippen LogP contribution in [0.3, 0.4) is 0 Å². The van der Waals surface area contributed by atoms with Crippen LogP contribution < -0.4 is 0 Å². The molecule has 0 spiro atoms. The Kier molecular flexibility index (Phi) is 2.63. The van der Waals surface area contributed by atoms with Gasteiger partial charge in [0.25, 0.3) is 0 Å². The lowest BCUT2D eigenvalue weighted by atomic mass is 9.74. The fraction of sp³-hybridized carbons (Fsp3) is 0.500. The van der Waals surface area contributed by atoms with Gasteiger partial charge in [0, 0.05) is 12.5 Å². The van der Waals surface area contributed by atoms with Crippen LogP contribution in [0.5, 0.6) is 0 Å². The van der Waals surface area contributed by atoms with E-state index in [1.807, 2.05) is 18.2 Å². The van der Waals surface area contributed by atoms with Gasteiger partial charge in [-0.25, -0.2) is 4.79 Å². The molecule has 0 unspecified atom stereocenters. The van der Waals surface area contributed by atoms with Crippen LogP contribution in [0.1, 0.15) is 34.7 Å². The van der Waals surface area contributed by atoms with Gasteiger partial charge in [-0.15, -0.1) is 0 Å². The molecule has 0 aromatic heterocycles. The second-order valence-corrected chi connectivity index (χ2v) is 5.14. The SMILES string of the molecule is O=C(O)c1ccccc1[C@@H]1CN2CCC1CC2. The average molecular weight is 231 g/mol. The van der Waals surface area contributed by atoms with Gasteiger partial charge < -0.3 is 10.0 Å². The van der Waals surface area contributed by atoms with Gasteiger partial charge in [0.2, 0.25) is 0 Å². The molecule has 1 aromatic carbocycles. The van der Waals surface area contributed by atoms with E-state index in [4.69, 9.17) is 0 Å². The van der Waals surface area contributed by atoms with Crippen LogP contribution in [-0.2, 0) is 0 Å². The Morgan fingerprint density at radius 2 is 1.94 bits per heavy atom. The minimum absolute atomic E-state index is 0.421. The van der Waals surface area contributed by atoms with Gasteiger partial charge in [-0.2, -0.15) is 0 Å². The van der Waals surface area contributed by atoms with E-state index in [0.717, 1.165) is 12.1 Å². The minimum Gasteiger partial charge on any atom is -0.478 e. The first-order valence-corrected chi connectivity index (χ1v) is 6.30. The molecule has 3 aliphatic rings. The van der Waals surface area contributed by atoms with E-state index in [9.17, 15) is 9.90 Å². The van der Waals surface area contributed by atoms with Crippen molar-refractivity contribution in [2.45, 2.75) is 18.8 Å². The summed E-state index contributed by atoms with van der Waals surface area (Å²) in [5.74, 6) is 0.308. The first-order chi connectivity index (χ1) is 8.25. The molecule has 4 rings (SSSR count). The van der Waals surface area contributed by atoms with Crippen molar-refractivity contribution in [1.29, 1.82) is 0 Å². The maximum absolute atomic E-state index is 11.3. The fourth-order valence-corrected chi connectivity index (χ4v) is 3.33. The molecule has 17 heavy (non-hydrogen) atoms. The summed E-state index contributed by atoms with van der Waals surface area (Å²) < 4.78 is 0. The maximum atomic E-state index is 11.3. The van der Waals surface area contributed by atoms with E-state index in [0.29, 0.717) is 17.4 Å². The molecule has 0 saturated carbocycles. The Morgan fingerprint density at radius 3 is 2.53 bits per heavy atom. The maximum Gasteiger partial charge on any atom is 0.335 e. The summed E-state index contributed by atoms with van der Waals surface area (Å²) in [6.07, 6.45) is 2.44. The third kappa shape index (κ3) is 1.84. The number of hydrogen-bond donors (Lipinski definition) is 1. The summed E-state index contributed by atoms with van der Waals surface area (Å²) in [5, 5.41) is 9.25. The van der Waals surface area contributed by atoms with Crippen molar-refractivity contribution in [1.82, 2.24) is 4.90 Å². The largest absolute Gasteiger partial charge is 0.478 e. The van der Waals surface area contributed by atoms with Crippen LogP contribution in [0.4, 0.5) is 0 Å². The predicted octanol–water partition coefficient (Wildman–Crippen LogP) is 2.19. The molecule has 1 aromatic rings. The van der Waals surface area contributed by atoms with E-state index in [1.165, 1.54) is 25.9 Å². The Balaban J connectivity index is 1.96. The van der Waals surface area contributed by atoms with Gasteiger partial charge in [0.15, 0.2) is 0 Å². The highest BCUT2D eigenvalue weighted by Gasteiger charge is 2.36. The minimum atomic E-state index is -0.794. The molecule has 90 valence electrons. The summed E-state index contributed by atoms with van der Waals surface area (Å²) >= 11 is 0. The van der Waals surface area contributed by atoms with Crippen molar-refractivity contribution in [2.75, 3.05) is 19.6 Å². The molecule has 1 N–H and O–H groups in total. The lowest BCUT2D eigenvalue weighted by Gasteiger charge is -2.45. The number of carboxylic acid groups (broad SMARTS) is 1. The third-order valence-electron chi connectivity index (χ3n) is 4.25. The zero-order valence-corrected chi connectivity index (χ0v) is 9.80. The van der Waals surface area contributed by atoms with Crippen LogP contribution in [0.25, 0.3) is 0 Å². The Morgan fingerprint density at radius 1 is 1.24 bits per heavy atom. The number of hydrogen-bond acceptors (Lipinski definition) is 2. The van der Waals surface area contributed by atoms with Gasteiger partial charge in [0.1, 0.15) is 0 Å². The number of piperidine rings is 3. The summed E-state index contributed by atoms with van der Waals surface area (Å²) in [4.78, 5) is 13.7. The first kappa shape index (κ1) is 10.8. The van der Waals surface area contributed by atoms with Crippen LogP contribution in [-0.4, -0.2) is 35.6 Å². The number of carbonyl (C=O) groups is 1. The van der Waals surface area contributed by atoms with Crippen LogP contribution >= 0.6 is 0 Å². The number of aromatic carboxylic acids is 1. The molecule has 2 bridgehead atoms. The van der Waals surface area contributed by atoms with Gasteiger partial charge in [0.05, 0.1) is 5.56 Å². The molecular formula is C14H17NO2. The molecular weight excluding hydrogens is 214 g/mol. The zero-order chi connectivity index (χ0) is 11.8. The van der Waals surface area contributed by atoms with Crippen LogP contribution in [0.2, 0.25) is 0 Å². The van der Waals surface area contributed by atoms with Crippen LogP contribution in [0.15, 0.2) is 24.3 Å². The van der Waals surface area contributed by atoms with Crippen molar-refractivity contribution in [3.05, 3.63) is 35.4 Å². The summed E-state index contributed by atoms with van der Waals surface area (Å²) in [5.41, 5.74) is 1.53. The molecule has 3 heterocycles. The molecule has 0 amide bonds. The van der Waals surface area contributed by atoms with Gasteiger partial charge >= 0.3 is 5.97 Å². The zero-order valence-electron chi connectivity index (χ0n) is 9.80. The Bertz CT molecular complexity index is 436. The van der Waals surface area contributed by atoms with Crippen molar-refractivity contribution in [3.63, 3.8) is 0 Å². The van der Waals surface area contributed by atoms with E-state index in [-0.39, 0.29) is 0 Å². The molecule has 0 aliphatic carbocycles. The van der Waals surface area contributed by atoms with E-state index >= 15 is 0 Å². The molecule has 0 radical (unpaired) electrons. The van der Waals surface area contributed by atoms with Gasteiger partial charge in [-0.1, -0.05) is 18.2 Å². The highest BCUT2D eigenvalue weighted by molar-refractivity contribution is 5.89. The molecule has 3 nitrogen and oxygen atoms in total. The molecule has 3 heteroatoms. The number of rotatable bonds is 2. The lowest BCUT2D eigenvalue weighted by molar-refractivity contribution is 0.0680. The summed E-state index contributed by atoms with van der Waals surface area (Å²) in [6.45, 7) is 3.42. The molecule has 3 saturated heterocycles. The van der Waals surface area contributed by atoms with E-state index in [2.05, 4.69) is 4.90 Å². The topological polar surface area (TPSA) is 40.5 Å². The first-order valence-electron chi connectivity index (χ1n) is 6.30. The summed E-state index contributed by atoms with van der Waals surface area (Å²) in [7, 11) is 0. The van der Waals surface area contributed by atoms with Gasteiger partial charge in [-0.3, -0.25) is 0 Å². The smallest absolute Gasteiger partial charge is 0.335 e. The summed E-state index contributed by atoms with van der Waals surface area (Å²) in [6, 6.07) is 7.50. The monoisotopic (exact) mass is 231 g/mol. The molecule has 3 fully saturated rings. The second kappa shape index (κ2) is 4.15. The lowest BCUT2D eigenvalue weighted by Crippen LogP contribution is -2.46. The standard InChI is InChI=1S/C14H17NO2/c16-14(17)12-4-2-1-3-11(12)13-9-15-7-5-10(13)6-8-15/h1-4,10,13H,5-9H2,(H,16,17)/t13-/m1/s1. The molecule has 3 aliphatic heterocycles. The van der Waals surface area contributed by atoms with E-state index in [1.54, 1.807) is 6.07 Å². The normalized spacial score (nSPS) is 31.4. The quantitative estimate of drug-likeness (QED) is 0.848. The highest BCUT2D eigenvalue weighted by Crippen LogP contribution is 2.39. The third-order valence-corrected chi connectivity index (χ3v) is 4.25. The van der Waals surface area contributed by atoms with E-state index < -0.39 is 5.97 Å². The average Bonchev–Trinajstić information content (AvgIpc) is 2.40. The highest BCUT2D eigenvalue weighted by atomic mass is 16.4. The van der Waals surface area contributed by atoms with Crippen LogP contribution in [0, 0.1) is 5.92 Å². The predicted molar refractivity (Wildman–Crippen MR) is 65.3 cm³/mol. The second-order valence-electron chi connectivity index (χ2n) is 5.14. The fourth-order valence-electron chi connectivity index (χ4n) is 3.33.